The fourth-order valence-corrected chi connectivity index (χ4v) is 4.21. The number of benzene rings is 2. The molecule has 1 aliphatic rings. The minimum atomic E-state index is -1.39. The molecule has 146 valence electrons. The van der Waals surface area contributed by atoms with Crippen LogP contribution in [-0.4, -0.2) is 5.11 Å². The van der Waals surface area contributed by atoms with Crippen molar-refractivity contribution in [3.8, 4) is 0 Å². The molecule has 1 unspecified atom stereocenters. The summed E-state index contributed by atoms with van der Waals surface area (Å²) in [5.41, 5.74) is 0.999. The van der Waals surface area contributed by atoms with E-state index in [1.807, 2.05) is 6.07 Å². The lowest BCUT2D eigenvalue weighted by Crippen LogP contribution is -2.14. The molecule has 4 heteroatoms. The van der Waals surface area contributed by atoms with Gasteiger partial charge >= 0.3 is 0 Å². The summed E-state index contributed by atoms with van der Waals surface area (Å²) >= 11 is 0. The van der Waals surface area contributed by atoms with Gasteiger partial charge in [-0.25, -0.2) is 13.2 Å². The van der Waals surface area contributed by atoms with E-state index in [-0.39, 0.29) is 11.1 Å². The van der Waals surface area contributed by atoms with Crippen LogP contribution in [0.1, 0.15) is 80.6 Å². The van der Waals surface area contributed by atoms with Crippen molar-refractivity contribution in [2.24, 2.45) is 5.92 Å². The van der Waals surface area contributed by atoms with Gasteiger partial charge in [0.1, 0.15) is 23.6 Å². The first kappa shape index (κ1) is 19.9. The Balaban J connectivity index is 1.70. The van der Waals surface area contributed by atoms with Crippen molar-refractivity contribution in [1.29, 1.82) is 0 Å². The van der Waals surface area contributed by atoms with E-state index in [9.17, 15) is 18.3 Å². The lowest BCUT2D eigenvalue weighted by molar-refractivity contribution is 0.213. The molecular weight excluding hydrogens is 349 g/mol. The van der Waals surface area contributed by atoms with E-state index in [4.69, 9.17) is 0 Å². The summed E-state index contributed by atoms with van der Waals surface area (Å²) in [6, 6.07) is 7.64. The SMILES string of the molecule is CCCCC1CCC(c2ccc(C(O)c3cc(F)cc(F)c3)c(F)c2)CC1. The predicted molar refractivity (Wildman–Crippen MR) is 101 cm³/mol. The molecule has 1 atom stereocenters. The van der Waals surface area contributed by atoms with E-state index in [0.29, 0.717) is 5.92 Å². The summed E-state index contributed by atoms with van der Waals surface area (Å²) in [4.78, 5) is 0. The molecule has 0 aliphatic heterocycles. The maximum absolute atomic E-state index is 14.6. The van der Waals surface area contributed by atoms with Gasteiger partial charge in [0.2, 0.25) is 0 Å². The molecule has 0 heterocycles. The van der Waals surface area contributed by atoms with E-state index in [2.05, 4.69) is 6.92 Å². The zero-order chi connectivity index (χ0) is 19.4. The molecule has 0 bridgehead atoms. The smallest absolute Gasteiger partial charge is 0.129 e. The monoisotopic (exact) mass is 376 g/mol. The fourth-order valence-electron chi connectivity index (χ4n) is 4.21. The fraction of sp³-hybridized carbons (Fsp3) is 0.478. The van der Waals surface area contributed by atoms with Crippen molar-refractivity contribution in [2.45, 2.75) is 63.9 Å². The first-order chi connectivity index (χ1) is 13.0. The zero-order valence-corrected chi connectivity index (χ0v) is 15.7. The molecule has 0 saturated heterocycles. The Morgan fingerprint density at radius 3 is 2.22 bits per heavy atom. The molecule has 0 radical (unpaired) electrons. The number of hydrogen-bond donors (Lipinski definition) is 1. The van der Waals surface area contributed by atoms with Crippen LogP contribution in [0.25, 0.3) is 0 Å². The molecule has 1 saturated carbocycles. The van der Waals surface area contributed by atoms with Gasteiger partial charge in [-0.05, 0) is 66.8 Å². The van der Waals surface area contributed by atoms with Crippen molar-refractivity contribution in [1.82, 2.24) is 0 Å². The summed E-state index contributed by atoms with van der Waals surface area (Å²) in [5.74, 6) is -0.982. The lowest BCUT2D eigenvalue weighted by Gasteiger charge is -2.29. The maximum atomic E-state index is 14.6. The highest BCUT2D eigenvalue weighted by atomic mass is 19.1. The maximum Gasteiger partial charge on any atom is 0.129 e. The van der Waals surface area contributed by atoms with Gasteiger partial charge in [0.05, 0.1) is 0 Å². The molecule has 1 aliphatic carbocycles. The van der Waals surface area contributed by atoms with Gasteiger partial charge in [-0.3, -0.25) is 0 Å². The molecule has 0 amide bonds. The van der Waals surface area contributed by atoms with Crippen molar-refractivity contribution in [2.75, 3.05) is 0 Å². The minimum Gasteiger partial charge on any atom is -0.384 e. The van der Waals surface area contributed by atoms with Crippen molar-refractivity contribution in [3.05, 3.63) is 70.5 Å². The molecule has 1 N–H and O–H groups in total. The van der Waals surface area contributed by atoms with Gasteiger partial charge < -0.3 is 5.11 Å². The van der Waals surface area contributed by atoms with Crippen LogP contribution in [-0.2, 0) is 0 Å². The second kappa shape index (κ2) is 8.92. The van der Waals surface area contributed by atoms with Crippen LogP contribution >= 0.6 is 0 Å². The largest absolute Gasteiger partial charge is 0.384 e. The first-order valence-corrected chi connectivity index (χ1v) is 9.91. The molecule has 2 aromatic carbocycles. The minimum absolute atomic E-state index is 0.00980. The Bertz CT molecular complexity index is 746. The van der Waals surface area contributed by atoms with Crippen LogP contribution in [0.15, 0.2) is 36.4 Å². The van der Waals surface area contributed by atoms with Gasteiger partial charge in [-0.2, -0.15) is 0 Å². The Morgan fingerprint density at radius 1 is 0.963 bits per heavy atom. The molecular formula is C23H27F3O. The van der Waals surface area contributed by atoms with Crippen LogP contribution in [0.3, 0.4) is 0 Å². The second-order valence-electron chi connectivity index (χ2n) is 7.75. The Hall–Kier alpha value is -1.81. The standard InChI is InChI=1S/C23H27F3O/c1-2-3-4-15-5-7-16(8-6-15)17-9-10-21(22(26)13-17)23(27)18-11-19(24)14-20(25)12-18/h9-16,23,27H,2-8H2,1H3. The normalized spacial score (nSPS) is 21.2. The third kappa shape index (κ3) is 4.92. The third-order valence-corrected chi connectivity index (χ3v) is 5.80. The Morgan fingerprint density at radius 2 is 1.63 bits per heavy atom. The van der Waals surface area contributed by atoms with Gasteiger partial charge in [0, 0.05) is 11.6 Å². The van der Waals surface area contributed by atoms with Gasteiger partial charge in [-0.15, -0.1) is 0 Å². The lowest BCUT2D eigenvalue weighted by atomic mass is 9.77. The quantitative estimate of drug-likeness (QED) is 0.598. The average Bonchev–Trinajstić information content (AvgIpc) is 2.65. The molecule has 2 aromatic rings. The second-order valence-corrected chi connectivity index (χ2v) is 7.75. The predicted octanol–water partition coefficient (Wildman–Crippen LogP) is 6.65. The number of rotatable bonds is 6. The van der Waals surface area contributed by atoms with E-state index in [1.165, 1.54) is 38.2 Å². The highest BCUT2D eigenvalue weighted by Crippen LogP contribution is 2.38. The van der Waals surface area contributed by atoms with Crippen LogP contribution < -0.4 is 0 Å². The highest BCUT2D eigenvalue weighted by Gasteiger charge is 2.24. The van der Waals surface area contributed by atoms with Crippen LogP contribution in [0, 0.1) is 23.4 Å². The zero-order valence-electron chi connectivity index (χ0n) is 15.7. The van der Waals surface area contributed by atoms with E-state index in [1.54, 1.807) is 6.07 Å². The number of aliphatic hydroxyl groups excluding tert-OH is 1. The summed E-state index contributed by atoms with van der Waals surface area (Å²) in [5, 5.41) is 10.4. The third-order valence-electron chi connectivity index (χ3n) is 5.80. The van der Waals surface area contributed by atoms with E-state index in [0.717, 1.165) is 42.5 Å². The Kier molecular flexibility index (Phi) is 6.59. The Labute approximate surface area is 159 Å². The summed E-state index contributed by atoms with van der Waals surface area (Å²) < 4.78 is 41.4. The number of halogens is 3. The molecule has 27 heavy (non-hydrogen) atoms. The molecule has 1 nitrogen and oxygen atoms in total. The summed E-state index contributed by atoms with van der Waals surface area (Å²) in [7, 11) is 0. The van der Waals surface area contributed by atoms with Gasteiger partial charge in [0.15, 0.2) is 0 Å². The number of hydrogen-bond acceptors (Lipinski definition) is 1. The summed E-state index contributed by atoms with van der Waals surface area (Å²) in [6.07, 6.45) is 6.87. The molecule has 0 aromatic heterocycles. The van der Waals surface area contributed by atoms with Gasteiger partial charge in [0.25, 0.3) is 0 Å². The molecule has 3 rings (SSSR count). The van der Waals surface area contributed by atoms with E-state index < -0.39 is 23.6 Å². The van der Waals surface area contributed by atoms with Crippen molar-refractivity contribution < 1.29 is 18.3 Å². The average molecular weight is 376 g/mol. The van der Waals surface area contributed by atoms with Crippen LogP contribution in [0.5, 0.6) is 0 Å². The topological polar surface area (TPSA) is 20.2 Å². The molecule has 1 fully saturated rings. The summed E-state index contributed by atoms with van der Waals surface area (Å²) in [6.45, 7) is 2.21. The van der Waals surface area contributed by atoms with E-state index >= 15 is 0 Å². The van der Waals surface area contributed by atoms with Crippen molar-refractivity contribution in [3.63, 3.8) is 0 Å². The number of aliphatic hydroxyl groups is 1. The van der Waals surface area contributed by atoms with Crippen LogP contribution in [0.2, 0.25) is 0 Å². The van der Waals surface area contributed by atoms with Gasteiger partial charge in [-0.1, -0.05) is 38.3 Å². The first-order valence-electron chi connectivity index (χ1n) is 9.91. The van der Waals surface area contributed by atoms with Crippen molar-refractivity contribution >= 4 is 0 Å². The molecule has 0 spiro atoms. The number of unbranched alkanes of at least 4 members (excludes halogenated alkanes) is 1. The highest BCUT2D eigenvalue weighted by molar-refractivity contribution is 5.34. The van der Waals surface area contributed by atoms with Crippen LogP contribution in [0.4, 0.5) is 13.2 Å².